The zero-order valence-electron chi connectivity index (χ0n) is 6.99. The summed E-state index contributed by atoms with van der Waals surface area (Å²) in [6, 6.07) is 4.31. The molecule has 0 aromatic carbocycles. The monoisotopic (exact) mass is 181 g/mol. The summed E-state index contributed by atoms with van der Waals surface area (Å²) in [4.78, 5) is 14.3. The summed E-state index contributed by atoms with van der Waals surface area (Å²) in [5.74, 6) is 0.174. The Morgan fingerprint density at radius 1 is 1.67 bits per heavy atom. The van der Waals surface area contributed by atoms with Gasteiger partial charge in [-0.1, -0.05) is 6.07 Å². The molecule has 3 heteroatoms. The van der Waals surface area contributed by atoms with E-state index in [0.29, 0.717) is 6.04 Å². The van der Waals surface area contributed by atoms with Crippen LogP contribution in [0.4, 0.5) is 0 Å². The molecule has 0 N–H and O–H groups in total. The molecule has 1 amide bonds. The molecule has 0 unspecified atom stereocenters. The van der Waals surface area contributed by atoms with E-state index in [0.717, 1.165) is 4.88 Å². The van der Waals surface area contributed by atoms with Crippen LogP contribution in [-0.4, -0.2) is 23.9 Å². The van der Waals surface area contributed by atoms with Gasteiger partial charge in [0.2, 0.25) is 0 Å². The third-order valence-electron chi connectivity index (χ3n) is 2.15. The molecule has 0 atom stereocenters. The van der Waals surface area contributed by atoms with E-state index >= 15 is 0 Å². The second kappa shape index (κ2) is 2.90. The molecule has 1 aromatic rings. The molecular formula is C9H11NOS. The van der Waals surface area contributed by atoms with Gasteiger partial charge in [-0.2, -0.15) is 0 Å². The average Bonchev–Trinajstić information content (AvgIpc) is 2.79. The maximum absolute atomic E-state index is 11.6. The molecule has 2 rings (SSSR count). The topological polar surface area (TPSA) is 20.3 Å². The van der Waals surface area contributed by atoms with Crippen molar-refractivity contribution in [3.05, 3.63) is 22.4 Å². The lowest BCUT2D eigenvalue weighted by atomic mass is 10.4. The van der Waals surface area contributed by atoms with E-state index in [1.807, 2.05) is 29.5 Å². The highest BCUT2D eigenvalue weighted by molar-refractivity contribution is 7.12. The molecular weight excluding hydrogens is 170 g/mol. The third-order valence-corrected chi connectivity index (χ3v) is 3.00. The lowest BCUT2D eigenvalue weighted by molar-refractivity contribution is 0.0790. The Morgan fingerprint density at radius 3 is 2.92 bits per heavy atom. The normalized spacial score (nSPS) is 16.1. The Labute approximate surface area is 75.8 Å². The Hall–Kier alpha value is -0.830. The second-order valence-electron chi connectivity index (χ2n) is 3.12. The van der Waals surface area contributed by atoms with Crippen LogP contribution in [0.2, 0.25) is 0 Å². The molecule has 0 spiro atoms. The quantitative estimate of drug-likeness (QED) is 0.683. The summed E-state index contributed by atoms with van der Waals surface area (Å²) in [7, 11) is 1.89. The molecule has 12 heavy (non-hydrogen) atoms. The molecule has 0 bridgehead atoms. The highest BCUT2D eigenvalue weighted by Crippen LogP contribution is 2.27. The first-order valence-electron chi connectivity index (χ1n) is 4.09. The van der Waals surface area contributed by atoms with Crippen molar-refractivity contribution in [2.75, 3.05) is 7.05 Å². The van der Waals surface area contributed by atoms with Crippen LogP contribution in [0, 0.1) is 0 Å². The third kappa shape index (κ3) is 1.37. The Kier molecular flexibility index (Phi) is 1.89. The highest BCUT2D eigenvalue weighted by Gasteiger charge is 2.30. The summed E-state index contributed by atoms with van der Waals surface area (Å²) < 4.78 is 0. The number of carbonyl (C=O) groups excluding carboxylic acids is 1. The van der Waals surface area contributed by atoms with Gasteiger partial charge in [-0.3, -0.25) is 4.79 Å². The van der Waals surface area contributed by atoms with Crippen LogP contribution in [0.5, 0.6) is 0 Å². The van der Waals surface area contributed by atoms with Crippen LogP contribution in [0.3, 0.4) is 0 Å². The smallest absolute Gasteiger partial charge is 0.263 e. The van der Waals surface area contributed by atoms with Crippen LogP contribution in [0.15, 0.2) is 17.5 Å². The molecule has 1 saturated carbocycles. The van der Waals surface area contributed by atoms with Gasteiger partial charge in [-0.15, -0.1) is 11.3 Å². The molecule has 0 aliphatic heterocycles. The molecule has 1 heterocycles. The lowest BCUT2D eigenvalue weighted by Gasteiger charge is -2.14. The predicted octanol–water partition coefficient (Wildman–Crippen LogP) is 1.98. The van der Waals surface area contributed by atoms with Gasteiger partial charge in [0.25, 0.3) is 5.91 Å². The number of rotatable bonds is 2. The molecule has 2 nitrogen and oxygen atoms in total. The van der Waals surface area contributed by atoms with E-state index in [1.165, 1.54) is 24.2 Å². The van der Waals surface area contributed by atoms with Crippen molar-refractivity contribution in [3.8, 4) is 0 Å². The SMILES string of the molecule is CN(C(=O)c1cccs1)C1CC1. The van der Waals surface area contributed by atoms with Gasteiger partial charge in [-0.25, -0.2) is 0 Å². The fourth-order valence-electron chi connectivity index (χ4n) is 1.20. The summed E-state index contributed by atoms with van der Waals surface area (Å²) in [5, 5.41) is 1.94. The van der Waals surface area contributed by atoms with Crippen molar-refractivity contribution in [2.24, 2.45) is 0 Å². The van der Waals surface area contributed by atoms with Crippen molar-refractivity contribution in [1.82, 2.24) is 4.90 Å². The number of hydrogen-bond acceptors (Lipinski definition) is 2. The van der Waals surface area contributed by atoms with Gasteiger partial charge >= 0.3 is 0 Å². The van der Waals surface area contributed by atoms with Crippen LogP contribution in [0.1, 0.15) is 22.5 Å². The van der Waals surface area contributed by atoms with Crippen molar-refractivity contribution in [1.29, 1.82) is 0 Å². The first-order chi connectivity index (χ1) is 5.79. The molecule has 1 aliphatic carbocycles. The van der Waals surface area contributed by atoms with Gasteiger partial charge in [0.15, 0.2) is 0 Å². The molecule has 0 radical (unpaired) electrons. The number of amides is 1. The highest BCUT2D eigenvalue weighted by atomic mass is 32.1. The van der Waals surface area contributed by atoms with Gasteiger partial charge < -0.3 is 4.90 Å². The van der Waals surface area contributed by atoms with Crippen LogP contribution < -0.4 is 0 Å². The van der Waals surface area contributed by atoms with E-state index in [-0.39, 0.29) is 5.91 Å². The number of thiophene rings is 1. The van der Waals surface area contributed by atoms with E-state index in [9.17, 15) is 4.79 Å². The van der Waals surface area contributed by atoms with E-state index < -0.39 is 0 Å². The Morgan fingerprint density at radius 2 is 2.42 bits per heavy atom. The molecule has 0 saturated heterocycles. The minimum Gasteiger partial charge on any atom is -0.338 e. The van der Waals surface area contributed by atoms with Crippen molar-refractivity contribution in [2.45, 2.75) is 18.9 Å². The van der Waals surface area contributed by atoms with E-state index in [2.05, 4.69) is 0 Å². The summed E-state index contributed by atoms with van der Waals surface area (Å²) in [6.07, 6.45) is 2.35. The van der Waals surface area contributed by atoms with E-state index in [1.54, 1.807) is 0 Å². The maximum atomic E-state index is 11.6. The Bertz CT molecular complexity index is 277. The second-order valence-corrected chi connectivity index (χ2v) is 4.07. The number of carbonyl (C=O) groups is 1. The lowest BCUT2D eigenvalue weighted by Crippen LogP contribution is -2.27. The first kappa shape index (κ1) is 7.80. The molecule has 1 fully saturated rings. The molecule has 1 aromatic heterocycles. The minimum atomic E-state index is 0.174. The first-order valence-corrected chi connectivity index (χ1v) is 4.97. The number of hydrogen-bond donors (Lipinski definition) is 0. The summed E-state index contributed by atoms with van der Waals surface area (Å²) in [5.41, 5.74) is 0. The zero-order chi connectivity index (χ0) is 8.55. The number of nitrogens with zero attached hydrogens (tertiary/aromatic N) is 1. The van der Waals surface area contributed by atoms with Gasteiger partial charge in [-0.05, 0) is 24.3 Å². The predicted molar refractivity (Wildman–Crippen MR) is 49.4 cm³/mol. The van der Waals surface area contributed by atoms with Crippen molar-refractivity contribution >= 4 is 17.2 Å². The van der Waals surface area contributed by atoms with Crippen molar-refractivity contribution in [3.63, 3.8) is 0 Å². The maximum Gasteiger partial charge on any atom is 0.263 e. The van der Waals surface area contributed by atoms with Crippen LogP contribution >= 0.6 is 11.3 Å². The standard InChI is InChI=1S/C9H11NOS/c1-10(7-4-5-7)9(11)8-3-2-6-12-8/h2-3,6-7H,4-5H2,1H3. The minimum absolute atomic E-state index is 0.174. The molecule has 64 valence electrons. The van der Waals surface area contributed by atoms with Gasteiger partial charge in [0, 0.05) is 13.1 Å². The largest absolute Gasteiger partial charge is 0.338 e. The van der Waals surface area contributed by atoms with Gasteiger partial charge in [0.1, 0.15) is 0 Å². The van der Waals surface area contributed by atoms with Crippen molar-refractivity contribution < 1.29 is 4.79 Å². The van der Waals surface area contributed by atoms with Crippen LogP contribution in [0.25, 0.3) is 0 Å². The fourth-order valence-corrected chi connectivity index (χ4v) is 1.91. The fraction of sp³-hybridized carbons (Fsp3) is 0.444. The summed E-state index contributed by atoms with van der Waals surface area (Å²) in [6.45, 7) is 0. The Balaban J connectivity index is 2.09. The van der Waals surface area contributed by atoms with Gasteiger partial charge in [0.05, 0.1) is 4.88 Å². The molecule has 1 aliphatic rings. The average molecular weight is 181 g/mol. The van der Waals surface area contributed by atoms with Crippen LogP contribution in [-0.2, 0) is 0 Å². The summed E-state index contributed by atoms with van der Waals surface area (Å²) >= 11 is 1.51. The zero-order valence-corrected chi connectivity index (χ0v) is 7.80. The van der Waals surface area contributed by atoms with E-state index in [4.69, 9.17) is 0 Å².